The summed E-state index contributed by atoms with van der Waals surface area (Å²) in [4.78, 5) is 11.8. The molecular formula is C29H44O12. The van der Waals surface area contributed by atoms with E-state index < -0.39 is 95.5 Å². The second-order valence-electron chi connectivity index (χ2n) is 13.8. The van der Waals surface area contributed by atoms with E-state index in [1.54, 1.807) is 0 Å². The van der Waals surface area contributed by atoms with Gasteiger partial charge in [-0.15, -0.1) is 0 Å². The highest BCUT2D eigenvalue weighted by Crippen LogP contribution is 2.70. The molecule has 1 unspecified atom stereocenters. The maximum atomic E-state index is 12.4. The lowest BCUT2D eigenvalue weighted by Gasteiger charge is -2.68. The number of carbonyl (C=O) groups excluding carboxylic acids is 1. The molecule has 0 aromatic heterocycles. The first-order valence-electron chi connectivity index (χ1n) is 14.9. The number of carbonyl (C=O) groups is 1. The van der Waals surface area contributed by atoms with Crippen molar-refractivity contribution in [3.8, 4) is 0 Å². The summed E-state index contributed by atoms with van der Waals surface area (Å²) in [5.74, 6) is -1.93. The van der Waals surface area contributed by atoms with E-state index in [0.29, 0.717) is 19.3 Å². The normalized spacial score (nSPS) is 56.9. The highest BCUT2D eigenvalue weighted by molar-refractivity contribution is 5.85. The SMILES string of the molecule is C[C@@H]1O[C@@H](O[C@H]2C[C@@H](O)[C@]3(CO)[C@H]4[C@H](O)C[C@]5(C)[C@@H](C6=CC(=O)OC6)CC[C@]5(O)[C@@H]4CC[C@]3(O)C2)[C@H](O)[C@H](O)C1O. The molecule has 1 saturated heterocycles. The van der Waals surface area contributed by atoms with Crippen LogP contribution in [0.4, 0.5) is 0 Å². The fraction of sp³-hybridized carbons (Fsp3) is 0.897. The summed E-state index contributed by atoms with van der Waals surface area (Å²) >= 11 is 0. The van der Waals surface area contributed by atoms with E-state index in [-0.39, 0.29) is 38.2 Å². The van der Waals surface area contributed by atoms with Gasteiger partial charge in [0.25, 0.3) is 0 Å². The van der Waals surface area contributed by atoms with Crippen molar-refractivity contribution in [2.75, 3.05) is 13.2 Å². The summed E-state index contributed by atoms with van der Waals surface area (Å²) in [6.07, 6.45) is -6.68. The zero-order valence-corrected chi connectivity index (χ0v) is 23.5. The number of rotatable bonds is 4. The number of hydrogen-bond acceptors (Lipinski definition) is 12. The number of aliphatic hydroxyl groups excluding tert-OH is 6. The molecule has 12 heteroatoms. The van der Waals surface area contributed by atoms with Gasteiger partial charge in [-0.25, -0.2) is 4.79 Å². The Labute approximate surface area is 238 Å². The van der Waals surface area contributed by atoms with Gasteiger partial charge in [0.15, 0.2) is 6.29 Å². The largest absolute Gasteiger partial charge is 0.458 e. The van der Waals surface area contributed by atoms with Crippen LogP contribution in [0, 0.1) is 28.6 Å². The van der Waals surface area contributed by atoms with Crippen LogP contribution in [0.15, 0.2) is 11.6 Å². The van der Waals surface area contributed by atoms with Crippen molar-refractivity contribution in [1.29, 1.82) is 0 Å². The van der Waals surface area contributed by atoms with Crippen molar-refractivity contribution in [3.63, 3.8) is 0 Å². The van der Waals surface area contributed by atoms with Gasteiger partial charge in [-0.3, -0.25) is 0 Å². The standard InChI is InChI=1S/C29H44O12/c1-13-22(34)23(35)24(36)25(40-13)41-15-8-19(32)28(12-30)21-17(3-5-27(28,37)9-15)29(38)6-4-16(14-7-20(33)39-11-14)26(29,2)10-18(21)31/h7,13,15-19,21-25,30-32,34-38H,3-6,8-12H2,1-2H3/t13-,15-,16+,17+,18+,19+,21+,22?,23+,24+,25-,26+,27-,28+,29-/m0/s1. The number of fused-ring (bicyclic) bond motifs is 5. The van der Waals surface area contributed by atoms with Gasteiger partial charge in [-0.1, -0.05) is 6.92 Å². The van der Waals surface area contributed by atoms with Gasteiger partial charge in [0.05, 0.1) is 47.6 Å². The monoisotopic (exact) mass is 584 g/mol. The summed E-state index contributed by atoms with van der Waals surface area (Å²) in [7, 11) is 0. The van der Waals surface area contributed by atoms with Crippen LogP contribution >= 0.6 is 0 Å². The maximum absolute atomic E-state index is 12.4. The summed E-state index contributed by atoms with van der Waals surface area (Å²) < 4.78 is 16.7. The molecule has 8 N–H and O–H groups in total. The minimum absolute atomic E-state index is 0.0369. The van der Waals surface area contributed by atoms with E-state index >= 15 is 0 Å². The van der Waals surface area contributed by atoms with E-state index in [1.165, 1.54) is 13.0 Å². The number of esters is 1. The minimum Gasteiger partial charge on any atom is -0.458 e. The fourth-order valence-electron chi connectivity index (χ4n) is 10.1. The van der Waals surface area contributed by atoms with Gasteiger partial charge in [-0.05, 0) is 56.4 Å². The van der Waals surface area contributed by atoms with E-state index in [1.807, 2.05) is 6.92 Å². The molecule has 0 bridgehead atoms. The molecule has 6 aliphatic rings. The first-order chi connectivity index (χ1) is 19.2. The lowest BCUT2D eigenvalue weighted by molar-refractivity contribution is -0.342. The number of aliphatic hydroxyl groups is 8. The van der Waals surface area contributed by atoms with Crippen molar-refractivity contribution in [3.05, 3.63) is 11.6 Å². The zero-order chi connectivity index (χ0) is 29.7. The van der Waals surface area contributed by atoms with E-state index in [0.717, 1.165) is 5.57 Å². The number of hydrogen-bond donors (Lipinski definition) is 8. The Hall–Kier alpha value is -1.19. The number of cyclic esters (lactones) is 1. The second-order valence-corrected chi connectivity index (χ2v) is 13.8. The van der Waals surface area contributed by atoms with Gasteiger partial charge in [0.2, 0.25) is 0 Å². The summed E-state index contributed by atoms with van der Waals surface area (Å²) in [5, 5.41) is 89.6. The molecule has 0 aromatic rings. The fourth-order valence-corrected chi connectivity index (χ4v) is 10.1. The average molecular weight is 585 g/mol. The Morgan fingerprint density at radius 3 is 2.41 bits per heavy atom. The molecule has 4 aliphatic carbocycles. The van der Waals surface area contributed by atoms with Crippen molar-refractivity contribution < 1.29 is 59.9 Å². The lowest BCUT2D eigenvalue weighted by atomic mass is 9.40. The third-order valence-electron chi connectivity index (χ3n) is 12.2. The summed E-state index contributed by atoms with van der Waals surface area (Å²) in [5.41, 5.74) is -4.46. The van der Waals surface area contributed by atoms with E-state index in [9.17, 15) is 45.6 Å². The first kappa shape index (κ1) is 29.9. The van der Waals surface area contributed by atoms with Crippen LogP contribution in [0.2, 0.25) is 0 Å². The predicted molar refractivity (Wildman–Crippen MR) is 139 cm³/mol. The third-order valence-corrected chi connectivity index (χ3v) is 12.2. The van der Waals surface area contributed by atoms with Crippen LogP contribution in [0.1, 0.15) is 58.8 Å². The van der Waals surface area contributed by atoms with Crippen molar-refractivity contribution >= 4 is 5.97 Å². The zero-order valence-electron chi connectivity index (χ0n) is 23.5. The molecule has 2 heterocycles. The van der Waals surface area contributed by atoms with Crippen LogP contribution in [0.5, 0.6) is 0 Å². The van der Waals surface area contributed by atoms with Gasteiger partial charge in [0, 0.05) is 30.3 Å². The van der Waals surface area contributed by atoms with Crippen LogP contribution < -0.4 is 0 Å². The molecule has 0 amide bonds. The minimum atomic E-state index is -1.67. The van der Waals surface area contributed by atoms with Gasteiger partial charge in [-0.2, -0.15) is 0 Å². The van der Waals surface area contributed by atoms with Crippen LogP contribution in [-0.4, -0.2) is 120 Å². The summed E-state index contributed by atoms with van der Waals surface area (Å²) in [6, 6.07) is 0. The Kier molecular flexibility index (Phi) is 7.22. The van der Waals surface area contributed by atoms with Gasteiger partial charge >= 0.3 is 5.97 Å². The van der Waals surface area contributed by atoms with Crippen molar-refractivity contribution in [2.45, 2.75) is 119 Å². The molecule has 2 aliphatic heterocycles. The molecule has 232 valence electrons. The molecule has 4 saturated carbocycles. The molecule has 12 nitrogen and oxygen atoms in total. The van der Waals surface area contributed by atoms with Crippen LogP contribution in [0.25, 0.3) is 0 Å². The first-order valence-corrected chi connectivity index (χ1v) is 14.9. The molecule has 5 fully saturated rings. The highest BCUT2D eigenvalue weighted by atomic mass is 16.7. The Morgan fingerprint density at radius 1 is 1.02 bits per heavy atom. The van der Waals surface area contributed by atoms with Crippen molar-refractivity contribution in [2.24, 2.45) is 28.6 Å². The lowest BCUT2D eigenvalue weighted by Crippen LogP contribution is -2.76. The maximum Gasteiger partial charge on any atom is 0.331 e. The van der Waals surface area contributed by atoms with Crippen LogP contribution in [0.3, 0.4) is 0 Å². The molecule has 0 radical (unpaired) electrons. The van der Waals surface area contributed by atoms with Crippen molar-refractivity contribution in [1.82, 2.24) is 0 Å². The Balaban J connectivity index is 1.28. The molecule has 41 heavy (non-hydrogen) atoms. The van der Waals surface area contributed by atoms with Crippen LogP contribution in [-0.2, 0) is 19.0 Å². The van der Waals surface area contributed by atoms with Gasteiger partial charge < -0.3 is 55.1 Å². The summed E-state index contributed by atoms with van der Waals surface area (Å²) in [6.45, 7) is 3.00. The van der Waals surface area contributed by atoms with E-state index in [4.69, 9.17) is 14.2 Å². The molecular weight excluding hydrogens is 540 g/mol. The van der Waals surface area contributed by atoms with Gasteiger partial charge in [0.1, 0.15) is 24.9 Å². The smallest absolute Gasteiger partial charge is 0.331 e. The Morgan fingerprint density at radius 2 is 1.76 bits per heavy atom. The molecule has 6 rings (SSSR count). The highest BCUT2D eigenvalue weighted by Gasteiger charge is 2.75. The predicted octanol–water partition coefficient (Wildman–Crippen LogP) is -1.51. The molecule has 15 atom stereocenters. The third kappa shape index (κ3) is 3.99. The molecule has 0 aromatic carbocycles. The topological polar surface area (TPSA) is 207 Å². The van der Waals surface area contributed by atoms with E-state index in [2.05, 4.69) is 0 Å². The second kappa shape index (κ2) is 9.91. The quantitative estimate of drug-likeness (QED) is 0.140. The Bertz CT molecular complexity index is 1080. The number of ether oxygens (including phenoxy) is 3. The average Bonchev–Trinajstić information content (AvgIpc) is 3.45. The molecule has 0 spiro atoms.